The van der Waals surface area contributed by atoms with Gasteiger partial charge < -0.3 is 4.74 Å². The summed E-state index contributed by atoms with van der Waals surface area (Å²) in [7, 11) is 0. The Balaban J connectivity index is 2.31. The minimum Gasteiger partial charge on any atom is -0.380 e. The number of benzene rings is 1. The molecule has 1 saturated heterocycles. The summed E-state index contributed by atoms with van der Waals surface area (Å²) in [5.74, 6) is 0.121. The fraction of sp³-hybridized carbons (Fsp3) is 0.333. The third-order valence-electron chi connectivity index (χ3n) is 2.04. The first kappa shape index (κ1) is 8.20. The van der Waals surface area contributed by atoms with E-state index in [0.717, 1.165) is 10.0 Å². The summed E-state index contributed by atoms with van der Waals surface area (Å²) in [6.07, 6.45) is 0. The largest absolute Gasteiger partial charge is 0.380 e. The maximum Gasteiger partial charge on any atom is 0.127 e. The first-order valence-corrected chi connectivity index (χ1v) is 4.59. The van der Waals surface area contributed by atoms with Crippen LogP contribution in [0.1, 0.15) is 11.5 Å². The quantitative estimate of drug-likeness (QED) is 0.721. The van der Waals surface area contributed by atoms with E-state index in [4.69, 9.17) is 4.74 Å². The Morgan fingerprint density at radius 1 is 1.42 bits per heavy atom. The molecular formula is C9H8BrFO. The van der Waals surface area contributed by atoms with Gasteiger partial charge in [-0.05, 0) is 17.7 Å². The van der Waals surface area contributed by atoms with E-state index in [2.05, 4.69) is 15.9 Å². The van der Waals surface area contributed by atoms with E-state index in [9.17, 15) is 4.39 Å². The van der Waals surface area contributed by atoms with E-state index >= 15 is 0 Å². The number of hydrogen-bond donors (Lipinski definition) is 0. The molecule has 0 radical (unpaired) electrons. The van der Waals surface area contributed by atoms with Crippen molar-refractivity contribution in [3.05, 3.63) is 34.1 Å². The molecule has 0 amide bonds. The highest BCUT2D eigenvalue weighted by molar-refractivity contribution is 9.10. The maximum absolute atomic E-state index is 13.2. The van der Waals surface area contributed by atoms with Crippen molar-refractivity contribution in [1.82, 2.24) is 0 Å². The van der Waals surface area contributed by atoms with Gasteiger partial charge in [-0.1, -0.05) is 22.0 Å². The van der Waals surface area contributed by atoms with Crippen LogP contribution in [0.2, 0.25) is 0 Å². The van der Waals surface area contributed by atoms with E-state index in [1.165, 1.54) is 6.07 Å². The summed E-state index contributed by atoms with van der Waals surface area (Å²) >= 11 is 3.21. The van der Waals surface area contributed by atoms with Gasteiger partial charge in [-0.3, -0.25) is 0 Å². The zero-order valence-corrected chi connectivity index (χ0v) is 7.97. The second kappa shape index (κ2) is 3.15. The van der Waals surface area contributed by atoms with Gasteiger partial charge in [0.15, 0.2) is 0 Å². The average molecular weight is 231 g/mol. The molecule has 1 aliphatic rings. The third-order valence-corrected chi connectivity index (χ3v) is 2.53. The minimum absolute atomic E-state index is 0.141. The van der Waals surface area contributed by atoms with Crippen molar-refractivity contribution in [2.24, 2.45) is 0 Å². The molecule has 64 valence electrons. The standard InChI is InChI=1S/C9H8BrFO/c10-7-1-2-8(9(11)3-7)6-4-12-5-6/h1-3,6H,4-5H2. The van der Waals surface area contributed by atoms with E-state index < -0.39 is 0 Å². The van der Waals surface area contributed by atoms with Crippen LogP contribution >= 0.6 is 15.9 Å². The molecule has 0 aromatic heterocycles. The molecule has 0 N–H and O–H groups in total. The Hall–Kier alpha value is -0.410. The van der Waals surface area contributed by atoms with Gasteiger partial charge in [0.1, 0.15) is 5.82 Å². The number of hydrogen-bond acceptors (Lipinski definition) is 1. The molecule has 1 heterocycles. The van der Waals surface area contributed by atoms with Crippen LogP contribution < -0.4 is 0 Å². The lowest BCUT2D eigenvalue weighted by atomic mass is 9.97. The molecule has 3 heteroatoms. The number of halogens is 2. The molecule has 1 fully saturated rings. The topological polar surface area (TPSA) is 9.23 Å². The molecule has 0 unspecified atom stereocenters. The molecule has 0 saturated carbocycles. The average Bonchev–Trinajstić information content (AvgIpc) is 1.91. The van der Waals surface area contributed by atoms with Crippen LogP contribution in [0.3, 0.4) is 0 Å². The van der Waals surface area contributed by atoms with E-state index in [-0.39, 0.29) is 11.7 Å². The van der Waals surface area contributed by atoms with Crippen LogP contribution in [-0.2, 0) is 4.74 Å². The molecule has 1 nitrogen and oxygen atoms in total. The normalized spacial score (nSPS) is 17.5. The first-order valence-electron chi connectivity index (χ1n) is 3.80. The first-order chi connectivity index (χ1) is 5.77. The molecule has 0 spiro atoms. The van der Waals surface area contributed by atoms with Crippen LogP contribution in [0, 0.1) is 5.82 Å². The van der Waals surface area contributed by atoms with Gasteiger partial charge in [-0.15, -0.1) is 0 Å². The molecule has 1 aromatic carbocycles. The highest BCUT2D eigenvalue weighted by Crippen LogP contribution is 2.27. The molecule has 0 atom stereocenters. The van der Waals surface area contributed by atoms with Crippen molar-refractivity contribution in [1.29, 1.82) is 0 Å². The second-order valence-electron chi connectivity index (χ2n) is 2.90. The van der Waals surface area contributed by atoms with Gasteiger partial charge in [0.2, 0.25) is 0 Å². The Kier molecular flexibility index (Phi) is 2.15. The summed E-state index contributed by atoms with van der Waals surface area (Å²) in [4.78, 5) is 0. The van der Waals surface area contributed by atoms with Crippen molar-refractivity contribution in [3.63, 3.8) is 0 Å². The van der Waals surface area contributed by atoms with Gasteiger partial charge in [0.25, 0.3) is 0 Å². The molecule has 12 heavy (non-hydrogen) atoms. The lowest BCUT2D eigenvalue weighted by molar-refractivity contribution is 0.00702. The van der Waals surface area contributed by atoms with E-state index in [0.29, 0.717) is 13.2 Å². The van der Waals surface area contributed by atoms with Gasteiger partial charge >= 0.3 is 0 Å². The zero-order valence-electron chi connectivity index (χ0n) is 6.39. The molecule has 1 aromatic rings. The second-order valence-corrected chi connectivity index (χ2v) is 3.82. The van der Waals surface area contributed by atoms with E-state index in [1.54, 1.807) is 0 Å². The summed E-state index contributed by atoms with van der Waals surface area (Å²) < 4.78 is 19.0. The third kappa shape index (κ3) is 1.39. The summed E-state index contributed by atoms with van der Waals surface area (Å²) in [6.45, 7) is 1.30. The monoisotopic (exact) mass is 230 g/mol. The molecule has 1 aliphatic heterocycles. The summed E-state index contributed by atoms with van der Waals surface area (Å²) in [5.41, 5.74) is 0.768. The van der Waals surface area contributed by atoms with Crippen molar-refractivity contribution >= 4 is 15.9 Å². The van der Waals surface area contributed by atoms with Crippen molar-refractivity contribution < 1.29 is 9.13 Å². The lowest BCUT2D eigenvalue weighted by Gasteiger charge is -2.26. The predicted molar refractivity (Wildman–Crippen MR) is 47.7 cm³/mol. The van der Waals surface area contributed by atoms with Crippen LogP contribution in [0.4, 0.5) is 4.39 Å². The highest BCUT2D eigenvalue weighted by atomic mass is 79.9. The highest BCUT2D eigenvalue weighted by Gasteiger charge is 2.23. The zero-order chi connectivity index (χ0) is 8.55. The molecule has 2 rings (SSSR count). The molecular weight excluding hydrogens is 223 g/mol. The fourth-order valence-corrected chi connectivity index (χ4v) is 1.58. The Morgan fingerprint density at radius 2 is 2.17 bits per heavy atom. The van der Waals surface area contributed by atoms with Crippen molar-refractivity contribution in [2.45, 2.75) is 5.92 Å². The molecule has 0 aliphatic carbocycles. The van der Waals surface area contributed by atoms with Crippen LogP contribution in [0.5, 0.6) is 0 Å². The maximum atomic E-state index is 13.2. The SMILES string of the molecule is Fc1cc(Br)ccc1C1COC1. The van der Waals surface area contributed by atoms with Crippen LogP contribution in [-0.4, -0.2) is 13.2 Å². The number of rotatable bonds is 1. The summed E-state index contributed by atoms with van der Waals surface area (Å²) in [6, 6.07) is 5.16. The predicted octanol–water partition coefficient (Wildman–Crippen LogP) is 2.70. The van der Waals surface area contributed by atoms with Crippen molar-refractivity contribution in [2.75, 3.05) is 13.2 Å². The smallest absolute Gasteiger partial charge is 0.127 e. The minimum atomic E-state index is -0.141. The fourth-order valence-electron chi connectivity index (χ4n) is 1.25. The van der Waals surface area contributed by atoms with Gasteiger partial charge in [0, 0.05) is 10.4 Å². The van der Waals surface area contributed by atoms with Crippen molar-refractivity contribution in [3.8, 4) is 0 Å². The Morgan fingerprint density at radius 3 is 2.67 bits per heavy atom. The number of ether oxygens (including phenoxy) is 1. The van der Waals surface area contributed by atoms with E-state index in [1.807, 2.05) is 12.1 Å². The van der Waals surface area contributed by atoms with Gasteiger partial charge in [0.05, 0.1) is 13.2 Å². The lowest BCUT2D eigenvalue weighted by Crippen LogP contribution is -2.25. The molecule has 0 bridgehead atoms. The van der Waals surface area contributed by atoms with Crippen LogP contribution in [0.15, 0.2) is 22.7 Å². The Labute approximate surface area is 78.7 Å². The summed E-state index contributed by atoms with van der Waals surface area (Å²) in [5, 5.41) is 0. The Bertz CT molecular complexity index is 297. The van der Waals surface area contributed by atoms with Gasteiger partial charge in [-0.25, -0.2) is 4.39 Å². The van der Waals surface area contributed by atoms with Gasteiger partial charge in [-0.2, -0.15) is 0 Å². The van der Waals surface area contributed by atoms with Crippen LogP contribution in [0.25, 0.3) is 0 Å².